The maximum atomic E-state index is 13.3. The topological polar surface area (TPSA) is 79.8 Å². The van der Waals surface area contributed by atoms with Crippen LogP contribution in [-0.2, 0) is 15.6 Å². The first-order chi connectivity index (χ1) is 14.4. The van der Waals surface area contributed by atoms with Crippen molar-refractivity contribution in [1.29, 1.82) is 0 Å². The summed E-state index contributed by atoms with van der Waals surface area (Å²) in [5, 5.41) is 6.28. The maximum Gasteiger partial charge on any atom is 0.191 e. The molecule has 8 heteroatoms. The molecule has 0 aliphatic heterocycles. The number of rotatable bonds is 11. The Balaban J connectivity index is 1.72. The Labute approximate surface area is 178 Å². The van der Waals surface area contributed by atoms with Gasteiger partial charge < -0.3 is 15.4 Å². The molecule has 2 N–H and O–H groups in total. The number of nitrogens with one attached hydrogen (secondary N) is 2. The number of nitrogens with zero attached hydrogens (tertiary/aromatic N) is 1. The second-order valence-corrected chi connectivity index (χ2v) is 9.10. The summed E-state index contributed by atoms with van der Waals surface area (Å²) in [5.41, 5.74) is 0.798. The molecule has 0 saturated carbocycles. The second kappa shape index (κ2) is 12.2. The van der Waals surface area contributed by atoms with Crippen LogP contribution in [0.5, 0.6) is 5.75 Å². The smallest absolute Gasteiger partial charge is 0.191 e. The van der Waals surface area contributed by atoms with E-state index in [0.717, 1.165) is 12.0 Å². The third-order valence-electron chi connectivity index (χ3n) is 4.43. The molecule has 164 valence electrons. The number of benzene rings is 2. The predicted molar refractivity (Wildman–Crippen MR) is 119 cm³/mol. The molecule has 2 aromatic carbocycles. The molecule has 1 atom stereocenters. The molecule has 0 amide bonds. The Hall–Kier alpha value is -2.61. The summed E-state index contributed by atoms with van der Waals surface area (Å²) in [6.07, 6.45) is 1.06. The summed E-state index contributed by atoms with van der Waals surface area (Å²) in [4.78, 5) is 4.15. The van der Waals surface area contributed by atoms with E-state index in [0.29, 0.717) is 31.2 Å². The number of halogens is 1. The molecule has 6 nitrogen and oxygen atoms in total. The summed E-state index contributed by atoms with van der Waals surface area (Å²) in [5.74, 6) is 0.865. The van der Waals surface area contributed by atoms with Gasteiger partial charge in [-0.15, -0.1) is 0 Å². The first-order valence-corrected chi connectivity index (χ1v) is 11.8. The third-order valence-corrected chi connectivity index (χ3v) is 6.11. The van der Waals surface area contributed by atoms with Crippen molar-refractivity contribution in [3.63, 3.8) is 0 Å². The molecule has 0 bridgehead atoms. The van der Waals surface area contributed by atoms with Crippen molar-refractivity contribution in [2.75, 3.05) is 25.9 Å². The van der Waals surface area contributed by atoms with Gasteiger partial charge in [-0.05, 0) is 30.5 Å². The molecule has 0 heterocycles. The molecule has 0 spiro atoms. The van der Waals surface area contributed by atoms with Gasteiger partial charge in [0.05, 0.1) is 18.1 Å². The lowest BCUT2D eigenvalue weighted by molar-refractivity contribution is 0.199. The molecule has 0 aromatic heterocycles. The average molecular weight is 436 g/mol. The highest BCUT2D eigenvalue weighted by Gasteiger charge is 2.12. The fourth-order valence-electron chi connectivity index (χ4n) is 2.83. The largest absolute Gasteiger partial charge is 0.489 e. The molecule has 30 heavy (non-hydrogen) atoms. The number of sulfone groups is 1. The van der Waals surface area contributed by atoms with Crippen LogP contribution in [0.1, 0.15) is 25.3 Å². The summed E-state index contributed by atoms with van der Waals surface area (Å²) < 4.78 is 43.6. The van der Waals surface area contributed by atoms with Gasteiger partial charge in [0.25, 0.3) is 0 Å². The zero-order chi connectivity index (χ0) is 21.8. The normalized spacial score (nSPS) is 13.0. The Kier molecular flexibility index (Phi) is 9.60. The molecule has 1 unspecified atom stereocenters. The predicted octanol–water partition coefficient (Wildman–Crippen LogP) is 3.15. The van der Waals surface area contributed by atoms with E-state index in [-0.39, 0.29) is 23.4 Å². The van der Waals surface area contributed by atoms with Crippen molar-refractivity contribution in [2.45, 2.75) is 31.6 Å². The van der Waals surface area contributed by atoms with Crippen LogP contribution in [-0.4, -0.2) is 46.4 Å². The molecule has 0 radical (unpaired) electrons. The van der Waals surface area contributed by atoms with Gasteiger partial charge in [-0.1, -0.05) is 43.3 Å². The van der Waals surface area contributed by atoms with Gasteiger partial charge in [-0.3, -0.25) is 4.99 Å². The maximum absolute atomic E-state index is 13.3. The summed E-state index contributed by atoms with van der Waals surface area (Å²) >= 11 is 0. The van der Waals surface area contributed by atoms with E-state index in [1.807, 2.05) is 37.3 Å². The minimum absolute atomic E-state index is 0.0520. The van der Waals surface area contributed by atoms with Gasteiger partial charge >= 0.3 is 0 Å². The van der Waals surface area contributed by atoms with Gasteiger partial charge in [0.15, 0.2) is 15.8 Å². The molecule has 2 rings (SSSR count). The number of hydrogen-bond acceptors (Lipinski definition) is 4. The summed E-state index contributed by atoms with van der Waals surface area (Å²) in [7, 11) is -1.51. The fourth-order valence-corrected chi connectivity index (χ4v) is 4.26. The standard InChI is InChI=1S/C22H30FN3O3S/c1-3-20(29-21-12-7-11-19(23)15-21)16-26-22(24-2)25-13-8-14-30(27,28)17-18-9-5-4-6-10-18/h4-7,9-12,15,20H,3,8,13-14,16-17H2,1-2H3,(H2,24,25,26). The third kappa shape index (κ3) is 8.82. The zero-order valence-electron chi connectivity index (χ0n) is 17.5. The lowest BCUT2D eigenvalue weighted by Gasteiger charge is -2.20. The van der Waals surface area contributed by atoms with E-state index >= 15 is 0 Å². The van der Waals surface area contributed by atoms with Crippen LogP contribution in [0, 0.1) is 5.82 Å². The monoisotopic (exact) mass is 435 g/mol. The van der Waals surface area contributed by atoms with Crippen LogP contribution in [0.3, 0.4) is 0 Å². The van der Waals surface area contributed by atoms with Crippen LogP contribution >= 0.6 is 0 Å². The molecule has 2 aromatic rings. The van der Waals surface area contributed by atoms with E-state index in [1.165, 1.54) is 12.1 Å². The van der Waals surface area contributed by atoms with Crippen LogP contribution < -0.4 is 15.4 Å². The highest BCUT2D eigenvalue weighted by atomic mass is 32.2. The first kappa shape index (κ1) is 23.7. The van der Waals surface area contributed by atoms with Crippen LogP contribution in [0.4, 0.5) is 4.39 Å². The lowest BCUT2D eigenvalue weighted by atomic mass is 10.2. The molecule has 0 saturated heterocycles. The Morgan fingerprint density at radius 3 is 2.57 bits per heavy atom. The Morgan fingerprint density at radius 1 is 1.13 bits per heavy atom. The SMILES string of the molecule is CCC(CNC(=NC)NCCCS(=O)(=O)Cc1ccccc1)Oc1cccc(F)c1. The minimum atomic E-state index is -3.16. The Morgan fingerprint density at radius 2 is 1.90 bits per heavy atom. The molecular formula is C22H30FN3O3S. The Bertz CT molecular complexity index is 905. The quantitative estimate of drug-likeness (QED) is 0.322. The van der Waals surface area contributed by atoms with Crippen LogP contribution in [0.25, 0.3) is 0 Å². The lowest BCUT2D eigenvalue weighted by Crippen LogP contribution is -2.43. The van der Waals surface area contributed by atoms with E-state index in [1.54, 1.807) is 19.2 Å². The van der Waals surface area contributed by atoms with Crippen molar-refractivity contribution in [2.24, 2.45) is 4.99 Å². The van der Waals surface area contributed by atoms with E-state index < -0.39 is 9.84 Å². The summed E-state index contributed by atoms with van der Waals surface area (Å²) in [6, 6.07) is 15.2. The highest BCUT2D eigenvalue weighted by Crippen LogP contribution is 2.14. The highest BCUT2D eigenvalue weighted by molar-refractivity contribution is 7.90. The zero-order valence-corrected chi connectivity index (χ0v) is 18.3. The van der Waals surface area contributed by atoms with E-state index in [2.05, 4.69) is 15.6 Å². The molecule has 0 aliphatic rings. The summed E-state index contributed by atoms with van der Waals surface area (Å²) in [6.45, 7) is 2.95. The van der Waals surface area contributed by atoms with Crippen LogP contribution in [0.15, 0.2) is 59.6 Å². The molecular weight excluding hydrogens is 405 g/mol. The van der Waals surface area contributed by atoms with Crippen molar-refractivity contribution in [1.82, 2.24) is 10.6 Å². The van der Waals surface area contributed by atoms with Gasteiger partial charge in [0, 0.05) is 19.7 Å². The van der Waals surface area contributed by atoms with Gasteiger partial charge in [0.2, 0.25) is 0 Å². The van der Waals surface area contributed by atoms with Gasteiger partial charge in [0.1, 0.15) is 17.7 Å². The van der Waals surface area contributed by atoms with E-state index in [9.17, 15) is 12.8 Å². The van der Waals surface area contributed by atoms with Gasteiger partial charge in [-0.25, -0.2) is 12.8 Å². The van der Waals surface area contributed by atoms with Crippen molar-refractivity contribution < 1.29 is 17.5 Å². The van der Waals surface area contributed by atoms with Crippen molar-refractivity contribution in [3.05, 3.63) is 66.0 Å². The molecule has 0 fully saturated rings. The number of aliphatic imine (C=N–C) groups is 1. The average Bonchev–Trinajstić information content (AvgIpc) is 2.72. The molecule has 0 aliphatic carbocycles. The number of ether oxygens (including phenoxy) is 1. The second-order valence-electron chi connectivity index (χ2n) is 6.92. The minimum Gasteiger partial charge on any atom is -0.489 e. The van der Waals surface area contributed by atoms with Crippen LogP contribution in [0.2, 0.25) is 0 Å². The van der Waals surface area contributed by atoms with Crippen molar-refractivity contribution >= 4 is 15.8 Å². The fraction of sp³-hybridized carbons (Fsp3) is 0.409. The number of hydrogen-bond donors (Lipinski definition) is 2. The van der Waals surface area contributed by atoms with Crippen molar-refractivity contribution in [3.8, 4) is 5.75 Å². The van der Waals surface area contributed by atoms with E-state index in [4.69, 9.17) is 4.74 Å². The van der Waals surface area contributed by atoms with Gasteiger partial charge in [-0.2, -0.15) is 0 Å². The number of guanidine groups is 1. The first-order valence-electron chi connectivity index (χ1n) is 10.0.